The zero-order valence-corrected chi connectivity index (χ0v) is 13.8. The van der Waals surface area contributed by atoms with Crippen molar-refractivity contribution in [2.24, 2.45) is 0 Å². The summed E-state index contributed by atoms with van der Waals surface area (Å²) < 4.78 is 11.5. The Morgan fingerprint density at radius 3 is 2.43 bits per heavy atom. The van der Waals surface area contributed by atoms with Crippen LogP contribution < -0.4 is 15.4 Å². The van der Waals surface area contributed by atoms with Gasteiger partial charge in [0.25, 0.3) is 5.91 Å². The molecule has 1 saturated carbocycles. The number of benzene rings is 1. The summed E-state index contributed by atoms with van der Waals surface area (Å²) in [5, 5.41) is 6.23. The monoisotopic (exact) mass is 318 g/mol. The predicted octanol–water partition coefficient (Wildman–Crippen LogP) is 2.72. The summed E-state index contributed by atoms with van der Waals surface area (Å²) in [6, 6.07) is 7.64. The number of hydrogen-bond donors (Lipinski definition) is 2. The fraction of sp³-hybridized carbons (Fsp3) is 0.611. The van der Waals surface area contributed by atoms with Gasteiger partial charge in [-0.05, 0) is 75.9 Å². The highest BCUT2D eigenvalue weighted by Gasteiger charge is 2.39. The van der Waals surface area contributed by atoms with Crippen molar-refractivity contribution < 1.29 is 14.3 Å². The molecule has 1 aromatic carbocycles. The molecule has 2 N–H and O–H groups in total. The van der Waals surface area contributed by atoms with E-state index in [4.69, 9.17) is 9.47 Å². The number of methoxy groups -OCH3 is 1. The molecule has 1 heterocycles. The second-order valence-corrected chi connectivity index (χ2v) is 6.45. The molecule has 23 heavy (non-hydrogen) atoms. The van der Waals surface area contributed by atoms with Gasteiger partial charge in [0, 0.05) is 12.8 Å². The number of piperidine rings is 1. The van der Waals surface area contributed by atoms with Gasteiger partial charge in [0.15, 0.2) is 0 Å². The van der Waals surface area contributed by atoms with Crippen LogP contribution in [0.2, 0.25) is 0 Å². The first kappa shape index (κ1) is 16.3. The van der Waals surface area contributed by atoms with E-state index >= 15 is 0 Å². The zero-order valence-electron chi connectivity index (χ0n) is 13.8. The predicted molar refractivity (Wildman–Crippen MR) is 89.8 cm³/mol. The van der Waals surface area contributed by atoms with E-state index in [9.17, 15) is 4.79 Å². The second kappa shape index (κ2) is 7.32. The quantitative estimate of drug-likeness (QED) is 0.876. The summed E-state index contributed by atoms with van der Waals surface area (Å²) in [5.41, 5.74) is 0.0632. The molecule has 0 radical (unpaired) electrons. The first-order chi connectivity index (χ1) is 11.2. The van der Waals surface area contributed by atoms with Gasteiger partial charge in [-0.3, -0.25) is 4.79 Å². The van der Waals surface area contributed by atoms with Gasteiger partial charge in [0.2, 0.25) is 0 Å². The van der Waals surface area contributed by atoms with E-state index in [1.807, 2.05) is 24.3 Å². The zero-order chi connectivity index (χ0) is 16.1. The standard InChI is InChI=1S/C18H26N2O3/c1-22-18(10-12-19-13-11-18)17(21)20-14-6-8-16(9-7-14)23-15-4-2-3-5-15/h6-9,15,19H,2-5,10-13H2,1H3,(H,20,21). The molecule has 0 aromatic heterocycles. The van der Waals surface area contributed by atoms with Crippen molar-refractivity contribution >= 4 is 11.6 Å². The summed E-state index contributed by atoms with van der Waals surface area (Å²) >= 11 is 0. The van der Waals surface area contributed by atoms with Gasteiger partial charge in [0.1, 0.15) is 11.4 Å². The molecular weight excluding hydrogens is 292 g/mol. The van der Waals surface area contributed by atoms with Crippen molar-refractivity contribution in [2.75, 3.05) is 25.5 Å². The van der Waals surface area contributed by atoms with Crippen molar-refractivity contribution in [1.82, 2.24) is 5.32 Å². The van der Waals surface area contributed by atoms with Crippen molar-refractivity contribution in [2.45, 2.75) is 50.2 Å². The molecular formula is C18H26N2O3. The summed E-state index contributed by atoms with van der Waals surface area (Å²) in [5.74, 6) is 0.809. The van der Waals surface area contributed by atoms with Gasteiger partial charge in [-0.15, -0.1) is 0 Å². The third-order valence-electron chi connectivity index (χ3n) is 4.93. The van der Waals surface area contributed by atoms with Crippen LogP contribution >= 0.6 is 0 Å². The molecule has 1 aliphatic carbocycles. The van der Waals surface area contributed by atoms with Crippen LogP contribution in [0.1, 0.15) is 38.5 Å². The van der Waals surface area contributed by atoms with E-state index < -0.39 is 5.60 Å². The van der Waals surface area contributed by atoms with E-state index in [-0.39, 0.29) is 5.91 Å². The first-order valence-corrected chi connectivity index (χ1v) is 8.56. The van der Waals surface area contributed by atoms with Crippen LogP contribution in [-0.2, 0) is 9.53 Å². The summed E-state index contributed by atoms with van der Waals surface area (Å²) in [6.45, 7) is 1.60. The minimum Gasteiger partial charge on any atom is -0.490 e. The highest BCUT2D eigenvalue weighted by Crippen LogP contribution is 2.27. The lowest BCUT2D eigenvalue weighted by molar-refractivity contribution is -0.140. The second-order valence-electron chi connectivity index (χ2n) is 6.45. The van der Waals surface area contributed by atoms with Gasteiger partial charge in [-0.25, -0.2) is 0 Å². The molecule has 1 aliphatic heterocycles. The molecule has 2 fully saturated rings. The summed E-state index contributed by atoms with van der Waals surface area (Å²) in [4.78, 5) is 12.6. The fourth-order valence-corrected chi connectivity index (χ4v) is 3.41. The smallest absolute Gasteiger partial charge is 0.256 e. The maximum absolute atomic E-state index is 12.6. The Morgan fingerprint density at radius 1 is 1.17 bits per heavy atom. The number of ether oxygens (including phenoxy) is 2. The summed E-state index contributed by atoms with van der Waals surface area (Å²) in [6.07, 6.45) is 6.53. The maximum atomic E-state index is 12.6. The number of amides is 1. The lowest BCUT2D eigenvalue weighted by Gasteiger charge is -2.34. The number of hydrogen-bond acceptors (Lipinski definition) is 4. The van der Waals surface area contributed by atoms with Gasteiger partial charge >= 0.3 is 0 Å². The molecule has 0 unspecified atom stereocenters. The third kappa shape index (κ3) is 3.85. The highest BCUT2D eigenvalue weighted by molar-refractivity contribution is 5.97. The van der Waals surface area contributed by atoms with Crippen molar-refractivity contribution in [3.05, 3.63) is 24.3 Å². The van der Waals surface area contributed by atoms with Gasteiger partial charge < -0.3 is 20.1 Å². The molecule has 1 aromatic rings. The largest absolute Gasteiger partial charge is 0.490 e. The van der Waals surface area contributed by atoms with Crippen LogP contribution in [0, 0.1) is 0 Å². The average molecular weight is 318 g/mol. The van der Waals surface area contributed by atoms with E-state index in [2.05, 4.69) is 10.6 Å². The Morgan fingerprint density at radius 2 is 1.83 bits per heavy atom. The molecule has 2 aliphatic rings. The fourth-order valence-electron chi connectivity index (χ4n) is 3.41. The topological polar surface area (TPSA) is 59.6 Å². The number of carbonyl (C=O) groups is 1. The molecule has 5 heteroatoms. The van der Waals surface area contributed by atoms with Crippen LogP contribution in [0.3, 0.4) is 0 Å². The van der Waals surface area contributed by atoms with E-state index in [0.29, 0.717) is 18.9 Å². The van der Waals surface area contributed by atoms with Gasteiger partial charge in [0.05, 0.1) is 6.10 Å². The van der Waals surface area contributed by atoms with Gasteiger partial charge in [-0.1, -0.05) is 0 Å². The van der Waals surface area contributed by atoms with Crippen LogP contribution in [0.4, 0.5) is 5.69 Å². The summed E-state index contributed by atoms with van der Waals surface area (Å²) in [7, 11) is 1.61. The maximum Gasteiger partial charge on any atom is 0.256 e. The lowest BCUT2D eigenvalue weighted by atomic mass is 9.91. The minimum absolute atomic E-state index is 0.0639. The molecule has 1 amide bonds. The minimum atomic E-state index is -0.718. The van der Waals surface area contributed by atoms with Crippen LogP contribution in [-0.4, -0.2) is 37.8 Å². The number of anilines is 1. The van der Waals surface area contributed by atoms with E-state index in [1.165, 1.54) is 12.8 Å². The Kier molecular flexibility index (Phi) is 5.18. The average Bonchev–Trinajstić information content (AvgIpc) is 3.10. The normalized spacial score (nSPS) is 21.1. The number of rotatable bonds is 5. The first-order valence-electron chi connectivity index (χ1n) is 8.56. The Labute approximate surface area is 137 Å². The Hall–Kier alpha value is -1.59. The van der Waals surface area contributed by atoms with Crippen molar-refractivity contribution in [3.63, 3.8) is 0 Å². The molecule has 1 saturated heterocycles. The Bertz CT molecular complexity index is 518. The molecule has 5 nitrogen and oxygen atoms in total. The van der Waals surface area contributed by atoms with Crippen molar-refractivity contribution in [1.29, 1.82) is 0 Å². The van der Waals surface area contributed by atoms with Crippen molar-refractivity contribution in [3.8, 4) is 5.75 Å². The molecule has 0 atom stereocenters. The van der Waals surface area contributed by atoms with E-state index in [1.54, 1.807) is 7.11 Å². The Balaban J connectivity index is 1.59. The lowest BCUT2D eigenvalue weighted by Crippen LogP contribution is -2.51. The third-order valence-corrected chi connectivity index (χ3v) is 4.93. The van der Waals surface area contributed by atoms with Crippen LogP contribution in [0.15, 0.2) is 24.3 Å². The van der Waals surface area contributed by atoms with Gasteiger partial charge in [-0.2, -0.15) is 0 Å². The van der Waals surface area contributed by atoms with Crippen LogP contribution in [0.5, 0.6) is 5.75 Å². The number of carbonyl (C=O) groups excluding carboxylic acids is 1. The molecule has 126 valence electrons. The molecule has 0 spiro atoms. The molecule has 0 bridgehead atoms. The number of nitrogens with one attached hydrogen (secondary N) is 2. The van der Waals surface area contributed by atoms with E-state index in [0.717, 1.165) is 37.4 Å². The highest BCUT2D eigenvalue weighted by atomic mass is 16.5. The SMILES string of the molecule is COC1(C(=O)Nc2ccc(OC3CCCC3)cc2)CCNCC1. The molecule has 3 rings (SSSR count). The van der Waals surface area contributed by atoms with Crippen LogP contribution in [0.25, 0.3) is 0 Å².